The predicted octanol–water partition coefficient (Wildman–Crippen LogP) is 1.25. The summed E-state index contributed by atoms with van der Waals surface area (Å²) >= 11 is 7.21. The molecule has 0 aliphatic carbocycles. The van der Waals surface area contributed by atoms with Crippen LogP contribution in [0.1, 0.15) is 21.9 Å². The maximum atomic E-state index is 12.4. The molecule has 6 nitrogen and oxygen atoms in total. The van der Waals surface area contributed by atoms with Crippen LogP contribution in [0.3, 0.4) is 0 Å². The van der Waals surface area contributed by atoms with Gasteiger partial charge < -0.3 is 10.0 Å². The molecule has 0 bridgehead atoms. The molecule has 100 valence electrons. The number of nitrogens with zero attached hydrogens (tertiary/aromatic N) is 4. The smallest absolute Gasteiger partial charge is 0.274 e. The Kier molecular flexibility index (Phi) is 3.12. The van der Waals surface area contributed by atoms with E-state index in [4.69, 9.17) is 11.6 Å². The average molecular weight is 299 g/mol. The first kappa shape index (κ1) is 12.7. The molecule has 8 heteroatoms. The number of carbonyl (C=O) groups is 1. The van der Waals surface area contributed by atoms with Crippen LogP contribution in [0, 0.1) is 6.92 Å². The monoisotopic (exact) mass is 298 g/mol. The Hall–Kier alpha value is -1.31. The summed E-state index contributed by atoms with van der Waals surface area (Å²) in [5, 5.41) is 10.3. The largest absolute Gasteiger partial charge is 0.391 e. The minimum atomic E-state index is -0.458. The van der Waals surface area contributed by atoms with Crippen LogP contribution in [0.25, 0.3) is 10.3 Å². The number of likely N-dealkylation sites (tertiary alicyclic amines) is 1. The van der Waals surface area contributed by atoms with Gasteiger partial charge in [0.1, 0.15) is 4.70 Å². The molecule has 1 aliphatic rings. The van der Waals surface area contributed by atoms with Gasteiger partial charge in [0, 0.05) is 13.1 Å². The Labute approximate surface area is 118 Å². The first-order chi connectivity index (χ1) is 9.04. The number of aromatic nitrogens is 3. The Morgan fingerprint density at radius 1 is 1.47 bits per heavy atom. The molecular formula is C11H11ClN4O2S. The second kappa shape index (κ2) is 4.66. The van der Waals surface area contributed by atoms with Gasteiger partial charge in [-0.05, 0) is 24.9 Å². The Morgan fingerprint density at radius 2 is 2.26 bits per heavy atom. The fourth-order valence-corrected chi connectivity index (χ4v) is 3.13. The number of thiazole rings is 1. The molecule has 2 aromatic heterocycles. The molecule has 1 saturated heterocycles. The molecule has 1 amide bonds. The molecule has 1 N–H and O–H groups in total. The number of β-amino-alcohol motifs (C(OH)–C–C–N with tert-alkyl or cyclic N) is 1. The van der Waals surface area contributed by atoms with Crippen LogP contribution in [-0.4, -0.2) is 50.1 Å². The van der Waals surface area contributed by atoms with Gasteiger partial charge in [-0.15, -0.1) is 11.3 Å². The number of hydrogen-bond donors (Lipinski definition) is 1. The van der Waals surface area contributed by atoms with Crippen molar-refractivity contribution in [3.8, 4) is 0 Å². The van der Waals surface area contributed by atoms with Crippen LogP contribution < -0.4 is 0 Å². The fourth-order valence-electron chi connectivity index (χ4n) is 2.12. The van der Waals surface area contributed by atoms with Gasteiger partial charge in [0.15, 0.2) is 11.3 Å². The highest BCUT2D eigenvalue weighted by Gasteiger charge is 2.28. The van der Waals surface area contributed by atoms with Crippen molar-refractivity contribution >= 4 is 39.2 Å². The minimum absolute atomic E-state index is 0.0147. The lowest BCUT2D eigenvalue weighted by atomic mass is 10.3. The fraction of sp³-hybridized carbons (Fsp3) is 0.455. The van der Waals surface area contributed by atoms with E-state index in [0.29, 0.717) is 29.9 Å². The van der Waals surface area contributed by atoms with Crippen molar-refractivity contribution in [3.05, 3.63) is 16.0 Å². The maximum absolute atomic E-state index is 12.4. The van der Waals surface area contributed by atoms with E-state index in [9.17, 15) is 9.90 Å². The number of hydrogen-bond acceptors (Lipinski definition) is 6. The first-order valence-electron chi connectivity index (χ1n) is 5.82. The molecule has 1 atom stereocenters. The van der Waals surface area contributed by atoms with Gasteiger partial charge >= 0.3 is 0 Å². The van der Waals surface area contributed by atoms with Crippen LogP contribution in [0.5, 0.6) is 0 Å². The van der Waals surface area contributed by atoms with Gasteiger partial charge in [-0.1, -0.05) is 0 Å². The highest BCUT2D eigenvalue weighted by Crippen LogP contribution is 2.26. The van der Waals surface area contributed by atoms with Crippen molar-refractivity contribution in [1.82, 2.24) is 19.9 Å². The number of amides is 1. The molecule has 3 heterocycles. The van der Waals surface area contributed by atoms with Gasteiger partial charge in [0.25, 0.3) is 5.91 Å². The Balaban J connectivity index is 2.06. The van der Waals surface area contributed by atoms with Crippen LogP contribution in [0.4, 0.5) is 0 Å². The van der Waals surface area contributed by atoms with Crippen molar-refractivity contribution in [2.45, 2.75) is 19.4 Å². The second-order valence-corrected chi connectivity index (χ2v) is 5.96. The highest BCUT2D eigenvalue weighted by molar-refractivity contribution is 7.18. The number of aryl methyl sites for hydroxylation is 1. The quantitative estimate of drug-likeness (QED) is 0.802. The minimum Gasteiger partial charge on any atom is -0.391 e. The lowest BCUT2D eigenvalue weighted by molar-refractivity contribution is 0.0761. The van der Waals surface area contributed by atoms with E-state index < -0.39 is 6.10 Å². The molecule has 0 spiro atoms. The summed E-state index contributed by atoms with van der Waals surface area (Å²) in [6, 6.07) is 0. The van der Waals surface area contributed by atoms with E-state index in [0.717, 1.165) is 5.01 Å². The van der Waals surface area contributed by atoms with E-state index in [2.05, 4.69) is 15.0 Å². The first-order valence-corrected chi connectivity index (χ1v) is 7.02. The second-order valence-electron chi connectivity index (χ2n) is 4.42. The van der Waals surface area contributed by atoms with Gasteiger partial charge in [0.2, 0.25) is 5.28 Å². The number of halogens is 1. The summed E-state index contributed by atoms with van der Waals surface area (Å²) in [6.45, 7) is 2.70. The zero-order valence-corrected chi connectivity index (χ0v) is 11.7. The summed E-state index contributed by atoms with van der Waals surface area (Å²) in [7, 11) is 0. The highest BCUT2D eigenvalue weighted by atomic mass is 35.5. The summed E-state index contributed by atoms with van der Waals surface area (Å²) in [4.78, 5) is 26.3. The summed E-state index contributed by atoms with van der Waals surface area (Å²) in [5.74, 6) is -0.227. The van der Waals surface area contributed by atoms with Crippen molar-refractivity contribution in [2.75, 3.05) is 13.1 Å². The number of aliphatic hydroxyl groups is 1. The molecular weight excluding hydrogens is 288 g/mol. The topological polar surface area (TPSA) is 79.2 Å². The molecule has 1 unspecified atom stereocenters. The van der Waals surface area contributed by atoms with E-state index in [1.807, 2.05) is 6.92 Å². The lowest BCUT2D eigenvalue weighted by Crippen LogP contribution is -2.30. The molecule has 1 aliphatic heterocycles. The number of aliphatic hydroxyl groups excluding tert-OH is 1. The number of fused-ring (bicyclic) bond motifs is 1. The third kappa shape index (κ3) is 2.29. The standard InChI is InChI=1S/C11H11ClN4O2S/c1-5-13-9-8(19-5)7(14-11(12)15-9)10(18)16-3-2-6(17)4-16/h6,17H,2-4H2,1H3. The summed E-state index contributed by atoms with van der Waals surface area (Å²) in [5.41, 5.74) is 0.722. The van der Waals surface area contributed by atoms with Crippen molar-refractivity contribution in [2.24, 2.45) is 0 Å². The normalized spacial score (nSPS) is 19.3. The van der Waals surface area contributed by atoms with E-state index in [1.165, 1.54) is 11.3 Å². The molecule has 0 aromatic carbocycles. The van der Waals surface area contributed by atoms with Crippen LogP contribution >= 0.6 is 22.9 Å². The summed E-state index contributed by atoms with van der Waals surface area (Å²) < 4.78 is 0.647. The third-order valence-corrected chi connectivity index (χ3v) is 4.12. The van der Waals surface area contributed by atoms with Crippen molar-refractivity contribution in [3.63, 3.8) is 0 Å². The van der Waals surface area contributed by atoms with Crippen LogP contribution in [0.15, 0.2) is 0 Å². The average Bonchev–Trinajstić information content (AvgIpc) is 2.92. The lowest BCUT2D eigenvalue weighted by Gasteiger charge is -2.14. The van der Waals surface area contributed by atoms with E-state index >= 15 is 0 Å². The van der Waals surface area contributed by atoms with Gasteiger partial charge in [-0.2, -0.15) is 4.98 Å². The molecule has 19 heavy (non-hydrogen) atoms. The molecule has 2 aromatic rings. The molecule has 3 rings (SSSR count). The SMILES string of the molecule is Cc1nc2nc(Cl)nc(C(=O)N3CCC(O)C3)c2s1. The van der Waals surface area contributed by atoms with Gasteiger partial charge in [-0.25, -0.2) is 9.97 Å². The van der Waals surface area contributed by atoms with Crippen molar-refractivity contribution < 1.29 is 9.90 Å². The molecule has 0 saturated carbocycles. The zero-order chi connectivity index (χ0) is 13.6. The molecule has 0 radical (unpaired) electrons. The predicted molar refractivity (Wildman–Crippen MR) is 71.5 cm³/mol. The third-order valence-electron chi connectivity index (χ3n) is 2.99. The van der Waals surface area contributed by atoms with E-state index in [1.54, 1.807) is 4.90 Å². The Morgan fingerprint density at radius 3 is 2.95 bits per heavy atom. The van der Waals surface area contributed by atoms with E-state index in [-0.39, 0.29) is 16.9 Å². The number of carbonyl (C=O) groups excluding carboxylic acids is 1. The van der Waals surface area contributed by atoms with Crippen LogP contribution in [0.2, 0.25) is 5.28 Å². The van der Waals surface area contributed by atoms with Gasteiger partial charge in [0.05, 0.1) is 11.1 Å². The van der Waals surface area contributed by atoms with Gasteiger partial charge in [-0.3, -0.25) is 4.79 Å². The van der Waals surface area contributed by atoms with Crippen LogP contribution in [-0.2, 0) is 0 Å². The number of rotatable bonds is 1. The Bertz CT molecular complexity index is 659. The summed E-state index contributed by atoms with van der Waals surface area (Å²) in [6.07, 6.45) is 0.134. The van der Waals surface area contributed by atoms with Crippen molar-refractivity contribution in [1.29, 1.82) is 0 Å². The maximum Gasteiger partial charge on any atom is 0.274 e. The zero-order valence-electron chi connectivity index (χ0n) is 10.1. The molecule has 1 fully saturated rings.